The number of amides is 1. The number of hydrogen-bond donors (Lipinski definition) is 1. The van der Waals surface area contributed by atoms with Gasteiger partial charge in [0.15, 0.2) is 0 Å². The van der Waals surface area contributed by atoms with Crippen molar-refractivity contribution in [1.82, 2.24) is 9.62 Å². The Labute approximate surface area is 148 Å². The van der Waals surface area contributed by atoms with Crippen LogP contribution in [0, 0.1) is 5.92 Å². The average molecular weight is 358 g/mol. The van der Waals surface area contributed by atoms with Crippen molar-refractivity contribution in [2.24, 2.45) is 5.92 Å². The number of hydrogen-bond acceptors (Lipinski definition) is 3. The van der Waals surface area contributed by atoms with Crippen LogP contribution in [0.2, 0.25) is 0 Å². The first kappa shape index (κ1) is 16.5. The van der Waals surface area contributed by atoms with E-state index < -0.39 is 10.0 Å². The van der Waals surface area contributed by atoms with Gasteiger partial charge >= 0.3 is 0 Å². The third-order valence-corrected chi connectivity index (χ3v) is 6.90. The van der Waals surface area contributed by atoms with E-state index in [1.54, 1.807) is 12.1 Å². The van der Waals surface area contributed by atoms with Gasteiger partial charge in [0.2, 0.25) is 15.9 Å². The Bertz CT molecular complexity index is 906. The molecular weight excluding hydrogens is 336 g/mol. The van der Waals surface area contributed by atoms with E-state index in [4.69, 9.17) is 0 Å². The van der Waals surface area contributed by atoms with Crippen molar-refractivity contribution in [2.75, 3.05) is 13.1 Å². The van der Waals surface area contributed by atoms with Crippen molar-refractivity contribution in [2.45, 2.75) is 36.6 Å². The predicted octanol–water partition coefficient (Wildman–Crippen LogP) is 2.52. The van der Waals surface area contributed by atoms with Gasteiger partial charge in [-0.15, -0.1) is 0 Å². The Morgan fingerprint density at radius 1 is 1.04 bits per heavy atom. The molecule has 1 aliphatic carbocycles. The summed E-state index contributed by atoms with van der Waals surface area (Å²) in [5, 5.41) is 4.92. The number of carbonyl (C=O) groups is 1. The molecule has 2 aliphatic rings. The summed E-state index contributed by atoms with van der Waals surface area (Å²) in [5.41, 5.74) is 0. The van der Waals surface area contributed by atoms with E-state index in [0.717, 1.165) is 36.5 Å². The van der Waals surface area contributed by atoms with Gasteiger partial charge in [-0.2, -0.15) is 4.31 Å². The summed E-state index contributed by atoms with van der Waals surface area (Å²) in [4.78, 5) is 12.6. The highest BCUT2D eigenvalue weighted by atomic mass is 32.2. The second kappa shape index (κ2) is 6.42. The molecular formula is C19H22N2O3S. The minimum Gasteiger partial charge on any atom is -0.353 e. The van der Waals surface area contributed by atoms with E-state index >= 15 is 0 Å². The van der Waals surface area contributed by atoms with Crippen molar-refractivity contribution >= 4 is 26.7 Å². The highest BCUT2D eigenvalue weighted by Crippen LogP contribution is 2.27. The molecule has 0 unspecified atom stereocenters. The lowest BCUT2D eigenvalue weighted by atomic mass is 9.99. The molecule has 2 aromatic rings. The van der Waals surface area contributed by atoms with Gasteiger partial charge in [0, 0.05) is 19.1 Å². The van der Waals surface area contributed by atoms with Crippen LogP contribution < -0.4 is 5.32 Å². The fraction of sp³-hybridized carbons (Fsp3) is 0.421. The summed E-state index contributed by atoms with van der Waals surface area (Å²) >= 11 is 0. The number of sulfonamides is 1. The van der Waals surface area contributed by atoms with Crippen LogP contribution in [0.15, 0.2) is 47.4 Å². The smallest absolute Gasteiger partial charge is 0.243 e. The van der Waals surface area contributed by atoms with Crippen LogP contribution in [0.25, 0.3) is 10.8 Å². The molecule has 5 nitrogen and oxygen atoms in total. The van der Waals surface area contributed by atoms with Gasteiger partial charge < -0.3 is 5.32 Å². The lowest BCUT2D eigenvalue weighted by Gasteiger charge is -2.31. The number of benzene rings is 2. The number of piperidine rings is 1. The van der Waals surface area contributed by atoms with Gasteiger partial charge in [-0.3, -0.25) is 4.79 Å². The zero-order chi connectivity index (χ0) is 17.4. The standard InChI is InChI=1S/C19H22N2O3S/c22-19(20-17-8-9-17)16-6-3-11-21(13-16)25(23,24)18-10-7-14-4-1-2-5-15(14)12-18/h1-2,4-5,7,10,12,16-17H,3,6,8-9,11,13H2,(H,20,22)/t16-/m0/s1. The Balaban J connectivity index is 1.56. The minimum atomic E-state index is -3.58. The van der Waals surface area contributed by atoms with Crippen LogP contribution in [-0.4, -0.2) is 37.8 Å². The number of rotatable bonds is 4. The largest absolute Gasteiger partial charge is 0.353 e. The molecule has 2 fully saturated rings. The maximum atomic E-state index is 13.0. The molecule has 1 amide bonds. The molecule has 1 saturated heterocycles. The van der Waals surface area contributed by atoms with E-state index in [9.17, 15) is 13.2 Å². The molecule has 4 rings (SSSR count). The number of fused-ring (bicyclic) bond motifs is 1. The van der Waals surface area contributed by atoms with E-state index in [0.29, 0.717) is 17.5 Å². The fourth-order valence-corrected chi connectivity index (χ4v) is 4.96. The summed E-state index contributed by atoms with van der Waals surface area (Å²) < 4.78 is 27.5. The molecule has 6 heteroatoms. The van der Waals surface area contributed by atoms with Gasteiger partial charge in [0.25, 0.3) is 0 Å². The van der Waals surface area contributed by atoms with Crippen molar-refractivity contribution in [1.29, 1.82) is 0 Å². The van der Waals surface area contributed by atoms with Crippen molar-refractivity contribution in [3.05, 3.63) is 42.5 Å². The fourth-order valence-electron chi connectivity index (χ4n) is 3.40. The molecule has 1 atom stereocenters. The normalized spacial score (nSPS) is 22.0. The SMILES string of the molecule is O=C(NC1CC1)[C@H]1CCCN(S(=O)(=O)c2ccc3ccccc3c2)C1. The molecule has 25 heavy (non-hydrogen) atoms. The van der Waals surface area contributed by atoms with Gasteiger partial charge in [-0.25, -0.2) is 8.42 Å². The molecule has 0 aromatic heterocycles. The molecule has 1 aliphatic heterocycles. The monoisotopic (exact) mass is 358 g/mol. The van der Waals surface area contributed by atoms with Crippen LogP contribution in [0.1, 0.15) is 25.7 Å². The van der Waals surface area contributed by atoms with Gasteiger partial charge in [-0.05, 0) is 48.6 Å². The lowest BCUT2D eigenvalue weighted by Crippen LogP contribution is -2.45. The molecule has 0 spiro atoms. The summed E-state index contributed by atoms with van der Waals surface area (Å²) in [6, 6.07) is 13.2. The maximum absolute atomic E-state index is 13.0. The first-order valence-electron chi connectivity index (χ1n) is 8.83. The highest BCUT2D eigenvalue weighted by molar-refractivity contribution is 7.89. The quantitative estimate of drug-likeness (QED) is 0.913. The van der Waals surface area contributed by atoms with Crippen LogP contribution in [0.5, 0.6) is 0 Å². The van der Waals surface area contributed by atoms with Gasteiger partial charge in [0.05, 0.1) is 10.8 Å². The molecule has 1 saturated carbocycles. The average Bonchev–Trinajstić information content (AvgIpc) is 3.45. The summed E-state index contributed by atoms with van der Waals surface area (Å²) in [6.07, 6.45) is 3.55. The van der Waals surface area contributed by atoms with Crippen LogP contribution in [-0.2, 0) is 14.8 Å². The predicted molar refractivity (Wildman–Crippen MR) is 96.6 cm³/mol. The Kier molecular flexibility index (Phi) is 4.25. The number of nitrogens with one attached hydrogen (secondary N) is 1. The van der Waals surface area contributed by atoms with Gasteiger partial charge in [-0.1, -0.05) is 30.3 Å². The molecule has 1 heterocycles. The first-order valence-corrected chi connectivity index (χ1v) is 10.3. The second-order valence-corrected chi connectivity index (χ2v) is 8.93. The van der Waals surface area contributed by atoms with Crippen molar-refractivity contribution in [3.8, 4) is 0 Å². The topological polar surface area (TPSA) is 66.5 Å². The zero-order valence-corrected chi connectivity index (χ0v) is 14.8. The van der Waals surface area contributed by atoms with E-state index in [1.165, 1.54) is 4.31 Å². The lowest BCUT2D eigenvalue weighted by molar-refractivity contribution is -0.126. The minimum absolute atomic E-state index is 0.000844. The molecule has 0 radical (unpaired) electrons. The van der Waals surface area contributed by atoms with E-state index in [2.05, 4.69) is 5.32 Å². The third-order valence-electron chi connectivity index (χ3n) is 5.04. The first-order chi connectivity index (χ1) is 12.0. The Hall–Kier alpha value is -1.92. The van der Waals surface area contributed by atoms with Gasteiger partial charge in [0.1, 0.15) is 0 Å². The molecule has 1 N–H and O–H groups in total. The van der Waals surface area contributed by atoms with Crippen molar-refractivity contribution < 1.29 is 13.2 Å². The summed E-state index contributed by atoms with van der Waals surface area (Å²) in [5.74, 6) is -0.245. The van der Waals surface area contributed by atoms with Crippen LogP contribution in [0.3, 0.4) is 0 Å². The van der Waals surface area contributed by atoms with Crippen LogP contribution >= 0.6 is 0 Å². The van der Waals surface area contributed by atoms with E-state index in [1.807, 2.05) is 30.3 Å². The Morgan fingerprint density at radius 2 is 1.80 bits per heavy atom. The number of nitrogens with zero attached hydrogens (tertiary/aromatic N) is 1. The van der Waals surface area contributed by atoms with Crippen LogP contribution in [0.4, 0.5) is 0 Å². The summed E-state index contributed by atoms with van der Waals surface area (Å²) in [6.45, 7) is 0.746. The highest BCUT2D eigenvalue weighted by Gasteiger charge is 2.35. The van der Waals surface area contributed by atoms with E-state index in [-0.39, 0.29) is 18.4 Å². The zero-order valence-electron chi connectivity index (χ0n) is 14.0. The second-order valence-electron chi connectivity index (χ2n) is 6.99. The summed E-state index contributed by atoms with van der Waals surface area (Å²) in [7, 11) is -3.58. The Morgan fingerprint density at radius 3 is 2.56 bits per heavy atom. The van der Waals surface area contributed by atoms with Crippen molar-refractivity contribution in [3.63, 3.8) is 0 Å². The number of carbonyl (C=O) groups excluding carboxylic acids is 1. The molecule has 0 bridgehead atoms. The molecule has 132 valence electrons. The molecule has 2 aromatic carbocycles. The maximum Gasteiger partial charge on any atom is 0.243 e. The third kappa shape index (κ3) is 3.41.